The minimum Gasteiger partial charge on any atom is -0.494 e. The van der Waals surface area contributed by atoms with Crippen LogP contribution in [0.4, 0.5) is 5.69 Å². The van der Waals surface area contributed by atoms with Crippen LogP contribution >= 0.6 is 47.2 Å². The number of hydrogen-bond acceptors (Lipinski definition) is 3. The van der Waals surface area contributed by atoms with E-state index in [2.05, 4.69) is 10.6 Å². The molecule has 2 aromatic carbocycles. The number of benzene rings is 2. The van der Waals surface area contributed by atoms with E-state index in [1.165, 1.54) is 0 Å². The Morgan fingerprint density at radius 2 is 1.88 bits per heavy atom. The molecule has 0 aliphatic rings. The number of thioether (sulfide) groups is 1. The highest BCUT2D eigenvalue weighted by Crippen LogP contribution is 2.24. The number of anilines is 1. The molecule has 0 fully saturated rings. The summed E-state index contributed by atoms with van der Waals surface area (Å²) in [5.41, 5.74) is 2.10. The average molecular weight is 415 g/mol. The molecule has 0 aliphatic heterocycles. The topological polar surface area (TPSA) is 33.3 Å². The van der Waals surface area contributed by atoms with Crippen molar-refractivity contribution in [1.29, 1.82) is 0 Å². The first-order valence-corrected chi connectivity index (χ1v) is 10.2. The lowest BCUT2D eigenvalue weighted by atomic mass is 10.2. The van der Waals surface area contributed by atoms with Crippen molar-refractivity contribution in [3.63, 3.8) is 0 Å². The van der Waals surface area contributed by atoms with Crippen LogP contribution < -0.4 is 15.4 Å². The van der Waals surface area contributed by atoms with Gasteiger partial charge in [0.05, 0.1) is 16.7 Å². The van der Waals surface area contributed by atoms with Gasteiger partial charge in [0.15, 0.2) is 5.11 Å². The van der Waals surface area contributed by atoms with Gasteiger partial charge in [0.25, 0.3) is 0 Å². The third kappa shape index (κ3) is 7.32. The SMILES string of the molecule is CCOc1ccc(NC(=S)NCCSCc2ccc(Cl)c(Cl)c2)cc1. The maximum Gasteiger partial charge on any atom is 0.170 e. The third-order valence-corrected chi connectivity index (χ3v) is 5.22. The van der Waals surface area contributed by atoms with Crippen LogP contribution in [0.3, 0.4) is 0 Å². The largest absolute Gasteiger partial charge is 0.494 e. The molecule has 0 amide bonds. The molecule has 0 spiro atoms. The smallest absolute Gasteiger partial charge is 0.170 e. The van der Waals surface area contributed by atoms with Crippen LogP contribution in [0.2, 0.25) is 10.0 Å². The van der Waals surface area contributed by atoms with E-state index in [9.17, 15) is 0 Å². The number of halogens is 2. The van der Waals surface area contributed by atoms with Crippen LogP contribution in [-0.2, 0) is 5.75 Å². The molecule has 7 heteroatoms. The van der Waals surface area contributed by atoms with Crippen molar-refractivity contribution in [3.8, 4) is 5.75 Å². The summed E-state index contributed by atoms with van der Waals surface area (Å²) < 4.78 is 5.41. The minimum absolute atomic E-state index is 0.586. The molecule has 0 saturated heterocycles. The molecule has 0 aromatic heterocycles. The summed E-state index contributed by atoms with van der Waals surface area (Å²) in [6.07, 6.45) is 0. The number of nitrogens with one attached hydrogen (secondary N) is 2. The highest BCUT2D eigenvalue weighted by Gasteiger charge is 2.01. The van der Waals surface area contributed by atoms with Gasteiger partial charge in [-0.25, -0.2) is 0 Å². The van der Waals surface area contributed by atoms with Crippen molar-refractivity contribution in [2.75, 3.05) is 24.2 Å². The molecular formula is C18H20Cl2N2OS2. The second-order valence-electron chi connectivity index (χ2n) is 5.14. The Hall–Kier alpha value is -1.14. The number of ether oxygens (including phenoxy) is 1. The van der Waals surface area contributed by atoms with E-state index in [1.807, 2.05) is 61.2 Å². The van der Waals surface area contributed by atoms with E-state index in [0.29, 0.717) is 21.8 Å². The Kier molecular flexibility index (Phi) is 8.68. The maximum absolute atomic E-state index is 6.01. The van der Waals surface area contributed by atoms with Crippen molar-refractivity contribution in [2.24, 2.45) is 0 Å². The van der Waals surface area contributed by atoms with Gasteiger partial charge in [-0.1, -0.05) is 29.3 Å². The minimum atomic E-state index is 0.586. The lowest BCUT2D eigenvalue weighted by Gasteiger charge is -2.11. The molecule has 0 bridgehead atoms. The van der Waals surface area contributed by atoms with Crippen molar-refractivity contribution in [2.45, 2.75) is 12.7 Å². The summed E-state index contributed by atoms with van der Waals surface area (Å²) in [6, 6.07) is 13.4. The van der Waals surface area contributed by atoms with E-state index in [4.69, 9.17) is 40.2 Å². The van der Waals surface area contributed by atoms with E-state index in [0.717, 1.165) is 35.1 Å². The third-order valence-electron chi connectivity index (χ3n) is 3.21. The standard InChI is InChI=1S/C18H20Cl2N2OS2/c1-2-23-15-6-4-14(5-7-15)22-18(24)21-9-10-25-12-13-3-8-16(19)17(20)11-13/h3-8,11H,2,9-10,12H2,1H3,(H2,21,22,24). The fourth-order valence-electron chi connectivity index (χ4n) is 2.03. The Morgan fingerprint density at radius 3 is 2.56 bits per heavy atom. The van der Waals surface area contributed by atoms with Gasteiger partial charge in [0.1, 0.15) is 5.75 Å². The lowest BCUT2D eigenvalue weighted by molar-refractivity contribution is 0.340. The summed E-state index contributed by atoms with van der Waals surface area (Å²) in [5.74, 6) is 2.67. The molecule has 2 rings (SSSR count). The zero-order valence-electron chi connectivity index (χ0n) is 13.9. The molecule has 0 radical (unpaired) electrons. The van der Waals surface area contributed by atoms with Gasteiger partial charge in [-0.3, -0.25) is 0 Å². The van der Waals surface area contributed by atoms with Crippen molar-refractivity contribution >= 4 is 58.0 Å². The molecule has 0 atom stereocenters. The predicted octanol–water partition coefficient (Wildman–Crippen LogP) is 5.61. The summed E-state index contributed by atoms with van der Waals surface area (Å²) in [6.45, 7) is 3.41. The number of rotatable bonds is 8. The first-order chi connectivity index (χ1) is 12.1. The second kappa shape index (κ2) is 10.8. The van der Waals surface area contributed by atoms with Gasteiger partial charge in [0.2, 0.25) is 0 Å². The summed E-state index contributed by atoms with van der Waals surface area (Å²) in [7, 11) is 0. The van der Waals surface area contributed by atoms with Crippen LogP contribution in [0.25, 0.3) is 0 Å². The quantitative estimate of drug-likeness (QED) is 0.433. The fourth-order valence-corrected chi connectivity index (χ4v) is 3.38. The zero-order chi connectivity index (χ0) is 18.1. The highest BCUT2D eigenvalue weighted by molar-refractivity contribution is 7.98. The molecule has 0 unspecified atom stereocenters. The molecule has 3 nitrogen and oxygen atoms in total. The van der Waals surface area contributed by atoms with Gasteiger partial charge in [-0.2, -0.15) is 11.8 Å². The highest BCUT2D eigenvalue weighted by atomic mass is 35.5. The Labute approximate surface area is 168 Å². The first-order valence-electron chi connectivity index (χ1n) is 7.88. The lowest BCUT2D eigenvalue weighted by Crippen LogP contribution is -2.30. The van der Waals surface area contributed by atoms with Crippen LogP contribution in [0, 0.1) is 0 Å². The second-order valence-corrected chi connectivity index (χ2v) is 7.47. The maximum atomic E-state index is 6.01. The average Bonchev–Trinajstić information content (AvgIpc) is 2.60. The van der Waals surface area contributed by atoms with E-state index in [-0.39, 0.29) is 0 Å². The summed E-state index contributed by atoms with van der Waals surface area (Å²) in [4.78, 5) is 0. The molecule has 2 aromatic rings. The number of thiocarbonyl (C=S) groups is 1. The predicted molar refractivity (Wildman–Crippen MR) is 114 cm³/mol. The van der Waals surface area contributed by atoms with Gasteiger partial charge < -0.3 is 15.4 Å². The van der Waals surface area contributed by atoms with Crippen LogP contribution in [0.1, 0.15) is 12.5 Å². The van der Waals surface area contributed by atoms with Gasteiger partial charge in [-0.15, -0.1) is 0 Å². The Balaban J connectivity index is 1.64. The summed E-state index contributed by atoms with van der Waals surface area (Å²) >= 11 is 19.0. The van der Waals surface area contributed by atoms with Crippen molar-refractivity contribution in [3.05, 3.63) is 58.1 Å². The molecule has 25 heavy (non-hydrogen) atoms. The molecular weight excluding hydrogens is 395 g/mol. The first kappa shape index (κ1) is 20.2. The molecule has 0 aliphatic carbocycles. The van der Waals surface area contributed by atoms with Crippen LogP contribution in [-0.4, -0.2) is 24.0 Å². The molecule has 0 heterocycles. The fraction of sp³-hybridized carbons (Fsp3) is 0.278. The Morgan fingerprint density at radius 1 is 1.12 bits per heavy atom. The van der Waals surface area contributed by atoms with Gasteiger partial charge in [-0.05, 0) is 61.1 Å². The van der Waals surface area contributed by atoms with Crippen molar-refractivity contribution in [1.82, 2.24) is 5.32 Å². The summed E-state index contributed by atoms with van der Waals surface area (Å²) in [5, 5.41) is 8.15. The number of hydrogen-bond donors (Lipinski definition) is 2. The monoisotopic (exact) mass is 414 g/mol. The van der Waals surface area contributed by atoms with Gasteiger partial charge in [0, 0.05) is 23.7 Å². The van der Waals surface area contributed by atoms with E-state index in [1.54, 1.807) is 0 Å². The molecule has 2 N–H and O–H groups in total. The molecule has 134 valence electrons. The van der Waals surface area contributed by atoms with E-state index < -0.39 is 0 Å². The van der Waals surface area contributed by atoms with Crippen LogP contribution in [0.15, 0.2) is 42.5 Å². The van der Waals surface area contributed by atoms with E-state index >= 15 is 0 Å². The van der Waals surface area contributed by atoms with Gasteiger partial charge >= 0.3 is 0 Å². The van der Waals surface area contributed by atoms with Crippen LogP contribution in [0.5, 0.6) is 5.75 Å². The Bertz CT molecular complexity index is 696. The molecule has 0 saturated carbocycles. The van der Waals surface area contributed by atoms with Crippen molar-refractivity contribution < 1.29 is 4.74 Å². The zero-order valence-corrected chi connectivity index (χ0v) is 17.0. The normalized spacial score (nSPS) is 10.4.